The van der Waals surface area contributed by atoms with Crippen LogP contribution in [0.2, 0.25) is 5.02 Å². The second kappa shape index (κ2) is 7.19. The maximum Gasteiger partial charge on any atom is 0.138 e. The van der Waals surface area contributed by atoms with Crippen LogP contribution in [0.25, 0.3) is 0 Å². The molecule has 1 aliphatic heterocycles. The van der Waals surface area contributed by atoms with Gasteiger partial charge in [0.1, 0.15) is 5.75 Å². The van der Waals surface area contributed by atoms with Gasteiger partial charge in [0.2, 0.25) is 0 Å². The molecule has 0 aliphatic carbocycles. The molecule has 1 aromatic carbocycles. The van der Waals surface area contributed by atoms with E-state index in [2.05, 4.69) is 26.1 Å². The standard InChI is InChI=1S/C16H24ClNO2/c1-4-7-19-16-6-5-13(10-15(16)17)18-14-8-11(2)20-12(3)9-14/h5-6,10-12,14,18H,4,7-9H2,1-3H3. The van der Waals surface area contributed by atoms with Crippen molar-refractivity contribution < 1.29 is 9.47 Å². The number of benzene rings is 1. The van der Waals surface area contributed by atoms with E-state index in [-0.39, 0.29) is 0 Å². The van der Waals surface area contributed by atoms with Gasteiger partial charge in [0.15, 0.2) is 0 Å². The summed E-state index contributed by atoms with van der Waals surface area (Å²) in [6.45, 7) is 7.02. The highest BCUT2D eigenvalue weighted by Gasteiger charge is 2.24. The van der Waals surface area contributed by atoms with Crippen LogP contribution in [0.4, 0.5) is 5.69 Å². The number of hydrogen-bond donors (Lipinski definition) is 1. The van der Waals surface area contributed by atoms with Crippen molar-refractivity contribution in [2.24, 2.45) is 0 Å². The molecule has 1 fully saturated rings. The molecule has 1 aliphatic rings. The second-order valence-corrected chi connectivity index (χ2v) is 5.97. The number of nitrogens with one attached hydrogen (secondary N) is 1. The Labute approximate surface area is 126 Å². The molecule has 112 valence electrons. The van der Waals surface area contributed by atoms with Crippen molar-refractivity contribution in [3.8, 4) is 5.75 Å². The van der Waals surface area contributed by atoms with Gasteiger partial charge in [-0.05, 0) is 51.3 Å². The monoisotopic (exact) mass is 297 g/mol. The quantitative estimate of drug-likeness (QED) is 0.868. The van der Waals surface area contributed by atoms with Gasteiger partial charge in [-0.25, -0.2) is 0 Å². The van der Waals surface area contributed by atoms with Gasteiger partial charge in [0.05, 0.1) is 23.8 Å². The lowest BCUT2D eigenvalue weighted by Gasteiger charge is -2.33. The van der Waals surface area contributed by atoms with E-state index in [0.29, 0.717) is 29.9 Å². The van der Waals surface area contributed by atoms with Gasteiger partial charge in [-0.1, -0.05) is 18.5 Å². The van der Waals surface area contributed by atoms with Crippen molar-refractivity contribution in [1.29, 1.82) is 0 Å². The first-order chi connectivity index (χ1) is 9.58. The first-order valence-corrected chi connectivity index (χ1v) is 7.80. The molecule has 0 bridgehead atoms. The predicted molar refractivity (Wildman–Crippen MR) is 83.9 cm³/mol. The Morgan fingerprint density at radius 1 is 1.30 bits per heavy atom. The summed E-state index contributed by atoms with van der Waals surface area (Å²) in [6, 6.07) is 6.35. The minimum absolute atomic E-state index is 0.305. The lowest BCUT2D eigenvalue weighted by Crippen LogP contribution is -2.36. The maximum atomic E-state index is 6.25. The largest absolute Gasteiger partial charge is 0.492 e. The first-order valence-electron chi connectivity index (χ1n) is 7.42. The molecule has 1 saturated heterocycles. The molecular formula is C16H24ClNO2. The molecule has 3 nitrogen and oxygen atoms in total. The van der Waals surface area contributed by atoms with E-state index in [1.54, 1.807) is 0 Å². The van der Waals surface area contributed by atoms with Crippen molar-refractivity contribution >= 4 is 17.3 Å². The number of anilines is 1. The van der Waals surface area contributed by atoms with Crippen LogP contribution in [0.5, 0.6) is 5.75 Å². The fourth-order valence-corrected chi connectivity index (χ4v) is 2.91. The minimum atomic E-state index is 0.305. The Hall–Kier alpha value is -0.930. The van der Waals surface area contributed by atoms with E-state index in [0.717, 1.165) is 30.7 Å². The molecule has 0 saturated carbocycles. The van der Waals surface area contributed by atoms with Crippen molar-refractivity contribution in [3.63, 3.8) is 0 Å². The van der Waals surface area contributed by atoms with Crippen LogP contribution < -0.4 is 10.1 Å². The van der Waals surface area contributed by atoms with Crippen molar-refractivity contribution in [2.75, 3.05) is 11.9 Å². The summed E-state index contributed by atoms with van der Waals surface area (Å²) in [5.41, 5.74) is 1.05. The van der Waals surface area contributed by atoms with Crippen molar-refractivity contribution in [1.82, 2.24) is 0 Å². The maximum absolute atomic E-state index is 6.25. The second-order valence-electron chi connectivity index (χ2n) is 5.56. The van der Waals surface area contributed by atoms with Crippen molar-refractivity contribution in [3.05, 3.63) is 23.2 Å². The molecule has 0 spiro atoms. The van der Waals surface area contributed by atoms with Crippen LogP contribution in [0, 0.1) is 0 Å². The van der Waals surface area contributed by atoms with Gasteiger partial charge in [-0.15, -0.1) is 0 Å². The van der Waals surface area contributed by atoms with Gasteiger partial charge in [0, 0.05) is 11.7 Å². The molecule has 1 N–H and O–H groups in total. The average molecular weight is 298 g/mol. The van der Waals surface area contributed by atoms with Crippen LogP contribution in [-0.4, -0.2) is 24.9 Å². The molecule has 0 aromatic heterocycles. The Balaban J connectivity index is 1.97. The van der Waals surface area contributed by atoms with E-state index in [1.807, 2.05) is 18.2 Å². The Bertz CT molecular complexity index is 428. The molecule has 4 heteroatoms. The summed E-state index contributed by atoms with van der Waals surface area (Å²) >= 11 is 6.25. The zero-order valence-electron chi connectivity index (χ0n) is 12.5. The van der Waals surface area contributed by atoms with E-state index in [4.69, 9.17) is 21.1 Å². The highest BCUT2D eigenvalue weighted by Crippen LogP contribution is 2.29. The summed E-state index contributed by atoms with van der Waals surface area (Å²) in [5.74, 6) is 0.757. The van der Waals surface area contributed by atoms with E-state index in [9.17, 15) is 0 Å². The number of rotatable bonds is 5. The van der Waals surface area contributed by atoms with Gasteiger partial charge in [-0.2, -0.15) is 0 Å². The molecule has 0 amide bonds. The fourth-order valence-electron chi connectivity index (χ4n) is 2.68. The van der Waals surface area contributed by atoms with Crippen LogP contribution in [0.3, 0.4) is 0 Å². The molecule has 2 atom stereocenters. The predicted octanol–water partition coefficient (Wildman–Crippen LogP) is 4.50. The SMILES string of the molecule is CCCOc1ccc(NC2CC(C)OC(C)C2)cc1Cl. The third kappa shape index (κ3) is 4.29. The van der Waals surface area contributed by atoms with Crippen LogP contribution in [0.15, 0.2) is 18.2 Å². The summed E-state index contributed by atoms with van der Waals surface area (Å²) < 4.78 is 11.3. The summed E-state index contributed by atoms with van der Waals surface area (Å²) in [4.78, 5) is 0. The highest BCUT2D eigenvalue weighted by molar-refractivity contribution is 6.32. The van der Waals surface area contributed by atoms with Gasteiger partial charge < -0.3 is 14.8 Å². The minimum Gasteiger partial charge on any atom is -0.492 e. The molecule has 20 heavy (non-hydrogen) atoms. The van der Waals surface area contributed by atoms with Crippen LogP contribution in [0.1, 0.15) is 40.0 Å². The average Bonchev–Trinajstić information content (AvgIpc) is 2.36. The Kier molecular flexibility index (Phi) is 5.55. The Morgan fingerprint density at radius 2 is 2.00 bits per heavy atom. The first kappa shape index (κ1) is 15.5. The summed E-state index contributed by atoms with van der Waals surface area (Å²) in [6.07, 6.45) is 3.64. The zero-order valence-corrected chi connectivity index (χ0v) is 13.2. The number of hydrogen-bond acceptors (Lipinski definition) is 3. The van der Waals surface area contributed by atoms with Crippen LogP contribution >= 0.6 is 11.6 Å². The van der Waals surface area contributed by atoms with E-state index < -0.39 is 0 Å². The third-order valence-electron chi connectivity index (χ3n) is 3.46. The van der Waals surface area contributed by atoms with Crippen LogP contribution in [-0.2, 0) is 4.74 Å². The molecule has 2 rings (SSSR count). The van der Waals surface area contributed by atoms with Gasteiger partial charge >= 0.3 is 0 Å². The lowest BCUT2D eigenvalue weighted by atomic mass is 9.99. The summed E-state index contributed by atoms with van der Waals surface area (Å²) in [7, 11) is 0. The topological polar surface area (TPSA) is 30.5 Å². The number of halogens is 1. The highest BCUT2D eigenvalue weighted by atomic mass is 35.5. The zero-order chi connectivity index (χ0) is 14.5. The molecule has 1 aromatic rings. The smallest absolute Gasteiger partial charge is 0.138 e. The molecular weight excluding hydrogens is 274 g/mol. The van der Waals surface area contributed by atoms with Crippen molar-refractivity contribution in [2.45, 2.75) is 58.3 Å². The van der Waals surface area contributed by atoms with E-state index in [1.165, 1.54) is 0 Å². The normalized spacial score (nSPS) is 26.3. The molecule has 0 radical (unpaired) electrons. The summed E-state index contributed by atoms with van der Waals surface area (Å²) in [5, 5.41) is 4.21. The fraction of sp³-hybridized carbons (Fsp3) is 0.625. The van der Waals surface area contributed by atoms with E-state index >= 15 is 0 Å². The molecule has 2 unspecified atom stereocenters. The third-order valence-corrected chi connectivity index (χ3v) is 3.76. The Morgan fingerprint density at radius 3 is 2.60 bits per heavy atom. The molecule has 1 heterocycles. The van der Waals surface area contributed by atoms with Gasteiger partial charge in [-0.3, -0.25) is 0 Å². The van der Waals surface area contributed by atoms with Gasteiger partial charge in [0.25, 0.3) is 0 Å². The lowest BCUT2D eigenvalue weighted by molar-refractivity contribution is -0.0337. The number of ether oxygens (including phenoxy) is 2.